The number of rotatable bonds is 7. The molecule has 1 unspecified atom stereocenters. The minimum absolute atomic E-state index is 0.330. The predicted octanol–water partition coefficient (Wildman–Crippen LogP) is 6.00. The van der Waals surface area contributed by atoms with E-state index in [0.29, 0.717) is 28.6 Å². The summed E-state index contributed by atoms with van der Waals surface area (Å²) in [5.41, 5.74) is 2.23. The van der Waals surface area contributed by atoms with Crippen LogP contribution in [0.25, 0.3) is 22.0 Å². The van der Waals surface area contributed by atoms with Gasteiger partial charge in [0.05, 0.1) is 16.1 Å². The molecule has 2 aromatic carbocycles. The standard InChI is InChI=1S/C23H20F3N3O3S/c1-3-12-31-18(14-4-6-15(7-5-14)20-28-22(30)32-29-20)19-13(2)27-21(33-19)16-8-10-17(11-9-16)23(24,25)26/h4-11,18H,3,12H2,1-2H3,(H,28,29,30). The van der Waals surface area contributed by atoms with Gasteiger partial charge >= 0.3 is 11.9 Å². The van der Waals surface area contributed by atoms with Crippen LogP contribution in [0.4, 0.5) is 13.2 Å². The topological polar surface area (TPSA) is 81.0 Å². The summed E-state index contributed by atoms with van der Waals surface area (Å²) in [6.45, 7) is 4.39. The number of benzene rings is 2. The first kappa shape index (κ1) is 22.9. The van der Waals surface area contributed by atoms with Crippen molar-refractivity contribution in [2.24, 2.45) is 0 Å². The molecule has 2 aromatic heterocycles. The second kappa shape index (κ2) is 9.32. The summed E-state index contributed by atoms with van der Waals surface area (Å²) in [7, 11) is 0. The molecule has 4 rings (SSSR count). The van der Waals surface area contributed by atoms with Crippen LogP contribution in [0.3, 0.4) is 0 Å². The van der Waals surface area contributed by atoms with Gasteiger partial charge in [0, 0.05) is 17.7 Å². The maximum Gasteiger partial charge on any atom is 0.439 e. The van der Waals surface area contributed by atoms with Crippen LogP contribution < -0.4 is 5.76 Å². The highest BCUT2D eigenvalue weighted by Gasteiger charge is 2.30. The lowest BCUT2D eigenvalue weighted by molar-refractivity contribution is -0.137. The molecule has 0 saturated heterocycles. The van der Waals surface area contributed by atoms with Gasteiger partial charge < -0.3 is 4.74 Å². The fourth-order valence-corrected chi connectivity index (χ4v) is 4.46. The van der Waals surface area contributed by atoms with Gasteiger partial charge in [0.1, 0.15) is 11.1 Å². The molecule has 6 nitrogen and oxygen atoms in total. The molecule has 0 fully saturated rings. The van der Waals surface area contributed by atoms with Crippen LogP contribution in [0, 0.1) is 6.92 Å². The number of ether oxygens (including phenoxy) is 1. The number of aromatic amines is 1. The number of thiazole rings is 1. The second-order valence-corrected chi connectivity index (χ2v) is 8.39. The average molecular weight is 475 g/mol. The summed E-state index contributed by atoms with van der Waals surface area (Å²) < 4.78 is 49.3. The third-order valence-corrected chi connectivity index (χ3v) is 6.20. The molecule has 0 spiro atoms. The Balaban J connectivity index is 1.65. The number of halogens is 3. The largest absolute Gasteiger partial charge is 0.439 e. The van der Waals surface area contributed by atoms with Gasteiger partial charge in [0.2, 0.25) is 0 Å². The number of nitrogens with one attached hydrogen (secondary N) is 1. The Bertz CT molecular complexity index is 1280. The van der Waals surface area contributed by atoms with E-state index in [1.807, 2.05) is 26.0 Å². The molecule has 0 aliphatic heterocycles. The lowest BCUT2D eigenvalue weighted by Gasteiger charge is -2.17. The SMILES string of the molecule is CCCOC(c1ccc(-c2noc(=O)[nH]2)cc1)c1sc(-c2ccc(C(F)(F)F)cc2)nc1C. The lowest BCUT2D eigenvalue weighted by atomic mass is 10.0. The third kappa shape index (κ3) is 5.07. The van der Waals surface area contributed by atoms with Gasteiger partial charge in [-0.25, -0.2) is 9.78 Å². The molecule has 10 heteroatoms. The van der Waals surface area contributed by atoms with Gasteiger partial charge in [-0.2, -0.15) is 13.2 Å². The van der Waals surface area contributed by atoms with E-state index >= 15 is 0 Å². The first-order valence-electron chi connectivity index (χ1n) is 10.2. The minimum Gasteiger partial charge on any atom is -0.368 e. The van der Waals surface area contributed by atoms with Crippen LogP contribution in [0.2, 0.25) is 0 Å². The van der Waals surface area contributed by atoms with E-state index in [1.165, 1.54) is 23.5 Å². The third-order valence-electron chi connectivity index (χ3n) is 4.95. The number of aromatic nitrogens is 3. The molecule has 0 aliphatic carbocycles. The number of nitrogens with zero attached hydrogens (tertiary/aromatic N) is 2. The quantitative estimate of drug-likeness (QED) is 0.355. The Labute approximate surface area is 191 Å². The summed E-state index contributed by atoms with van der Waals surface area (Å²) in [6, 6.07) is 12.3. The molecular formula is C23H20F3N3O3S. The van der Waals surface area contributed by atoms with E-state index < -0.39 is 23.6 Å². The zero-order valence-electron chi connectivity index (χ0n) is 17.8. The Morgan fingerprint density at radius 3 is 2.33 bits per heavy atom. The monoisotopic (exact) mass is 475 g/mol. The smallest absolute Gasteiger partial charge is 0.368 e. The second-order valence-electron chi connectivity index (χ2n) is 7.36. The number of H-pyrrole nitrogens is 1. The van der Waals surface area contributed by atoms with Gasteiger partial charge in [-0.1, -0.05) is 48.5 Å². The highest BCUT2D eigenvalue weighted by molar-refractivity contribution is 7.15. The highest BCUT2D eigenvalue weighted by atomic mass is 32.1. The summed E-state index contributed by atoms with van der Waals surface area (Å²) in [5, 5.41) is 4.31. The summed E-state index contributed by atoms with van der Waals surface area (Å²) in [6.07, 6.45) is -3.96. The van der Waals surface area contributed by atoms with Crippen molar-refractivity contribution >= 4 is 11.3 Å². The van der Waals surface area contributed by atoms with E-state index in [-0.39, 0.29) is 0 Å². The van der Waals surface area contributed by atoms with Crippen molar-refractivity contribution in [1.82, 2.24) is 15.1 Å². The number of hydrogen-bond acceptors (Lipinski definition) is 6. The van der Waals surface area contributed by atoms with Crippen molar-refractivity contribution in [3.8, 4) is 22.0 Å². The van der Waals surface area contributed by atoms with Crippen LogP contribution in [-0.2, 0) is 10.9 Å². The van der Waals surface area contributed by atoms with Crippen molar-refractivity contribution in [2.45, 2.75) is 32.5 Å². The maximum absolute atomic E-state index is 12.9. The van der Waals surface area contributed by atoms with E-state index in [2.05, 4.69) is 19.6 Å². The maximum atomic E-state index is 12.9. The molecule has 4 aromatic rings. The van der Waals surface area contributed by atoms with E-state index in [9.17, 15) is 18.0 Å². The molecule has 172 valence electrons. The zero-order chi connectivity index (χ0) is 23.6. The van der Waals surface area contributed by atoms with Crippen LogP contribution in [0.15, 0.2) is 57.8 Å². The number of alkyl halides is 3. The predicted molar refractivity (Wildman–Crippen MR) is 118 cm³/mol. The fraction of sp³-hybridized carbons (Fsp3) is 0.261. The van der Waals surface area contributed by atoms with E-state index in [0.717, 1.165) is 34.7 Å². The van der Waals surface area contributed by atoms with Crippen LogP contribution in [0.5, 0.6) is 0 Å². The Morgan fingerprint density at radius 2 is 1.76 bits per heavy atom. The van der Waals surface area contributed by atoms with Crippen LogP contribution >= 0.6 is 11.3 Å². The molecule has 33 heavy (non-hydrogen) atoms. The molecule has 0 radical (unpaired) electrons. The lowest BCUT2D eigenvalue weighted by Crippen LogP contribution is -2.07. The van der Waals surface area contributed by atoms with Crippen molar-refractivity contribution in [3.05, 3.63) is 80.8 Å². The van der Waals surface area contributed by atoms with Crippen LogP contribution in [0.1, 0.15) is 41.1 Å². The van der Waals surface area contributed by atoms with Gasteiger partial charge in [-0.3, -0.25) is 9.51 Å². The minimum atomic E-state index is -4.38. The normalized spacial score (nSPS) is 12.8. The number of hydrogen-bond donors (Lipinski definition) is 1. The summed E-state index contributed by atoms with van der Waals surface area (Å²) in [4.78, 5) is 19.2. The Hall–Kier alpha value is -3.24. The first-order valence-corrected chi connectivity index (χ1v) is 11.0. The Morgan fingerprint density at radius 1 is 1.09 bits per heavy atom. The molecule has 0 amide bonds. The van der Waals surface area contributed by atoms with Crippen molar-refractivity contribution in [2.75, 3.05) is 6.61 Å². The molecule has 0 saturated carbocycles. The van der Waals surface area contributed by atoms with E-state index in [4.69, 9.17) is 4.74 Å². The average Bonchev–Trinajstić information content (AvgIpc) is 3.40. The number of aryl methyl sites for hydroxylation is 1. The van der Waals surface area contributed by atoms with Crippen molar-refractivity contribution in [1.29, 1.82) is 0 Å². The molecule has 2 heterocycles. The van der Waals surface area contributed by atoms with Crippen molar-refractivity contribution < 1.29 is 22.4 Å². The Kier molecular flexibility index (Phi) is 6.48. The fourth-order valence-electron chi connectivity index (χ4n) is 3.31. The highest BCUT2D eigenvalue weighted by Crippen LogP contribution is 2.38. The first-order chi connectivity index (χ1) is 15.8. The molecule has 1 N–H and O–H groups in total. The summed E-state index contributed by atoms with van der Waals surface area (Å²) in [5.74, 6) is -0.301. The molecule has 0 aliphatic rings. The van der Waals surface area contributed by atoms with Gasteiger partial charge in [0.15, 0.2) is 5.82 Å². The van der Waals surface area contributed by atoms with Gasteiger partial charge in [0.25, 0.3) is 0 Å². The molecule has 0 bridgehead atoms. The van der Waals surface area contributed by atoms with Gasteiger partial charge in [-0.15, -0.1) is 11.3 Å². The summed E-state index contributed by atoms with van der Waals surface area (Å²) >= 11 is 1.39. The zero-order valence-corrected chi connectivity index (χ0v) is 18.6. The van der Waals surface area contributed by atoms with Crippen molar-refractivity contribution in [3.63, 3.8) is 0 Å². The molecular weight excluding hydrogens is 455 g/mol. The van der Waals surface area contributed by atoms with Crippen LogP contribution in [-0.4, -0.2) is 21.7 Å². The molecule has 1 atom stereocenters. The van der Waals surface area contributed by atoms with Gasteiger partial charge in [-0.05, 0) is 31.0 Å². The van der Waals surface area contributed by atoms with E-state index in [1.54, 1.807) is 12.1 Å².